The summed E-state index contributed by atoms with van der Waals surface area (Å²) in [5.41, 5.74) is 8.35. The van der Waals surface area contributed by atoms with Crippen LogP contribution in [0, 0.1) is 12.8 Å². The molecule has 1 heterocycles. The van der Waals surface area contributed by atoms with Crippen LogP contribution in [0.25, 0.3) is 0 Å². The molecule has 1 aromatic rings. The molecule has 1 rings (SSSR count). The number of hydrogen-bond acceptors (Lipinski definition) is 2. The fourth-order valence-corrected chi connectivity index (χ4v) is 1.66. The first kappa shape index (κ1) is 12.2. The van der Waals surface area contributed by atoms with E-state index in [9.17, 15) is 0 Å². The third-order valence-electron chi connectivity index (χ3n) is 2.61. The van der Waals surface area contributed by atoms with Crippen LogP contribution in [-0.4, -0.2) is 4.98 Å². The molecule has 84 valence electrons. The summed E-state index contributed by atoms with van der Waals surface area (Å²) in [5, 5.41) is 0. The summed E-state index contributed by atoms with van der Waals surface area (Å²) in [4.78, 5) is 4.31. The summed E-state index contributed by atoms with van der Waals surface area (Å²) in [6.07, 6.45) is 5.32. The lowest BCUT2D eigenvalue weighted by molar-refractivity contribution is 0.501. The van der Waals surface area contributed by atoms with Crippen molar-refractivity contribution in [3.05, 3.63) is 29.6 Å². The number of pyridine rings is 1. The lowest BCUT2D eigenvalue weighted by Gasteiger charge is -2.12. The van der Waals surface area contributed by atoms with Crippen LogP contribution in [-0.2, 0) is 0 Å². The molecule has 0 radical (unpaired) electrons. The molecule has 1 unspecified atom stereocenters. The van der Waals surface area contributed by atoms with E-state index in [4.69, 9.17) is 5.73 Å². The third kappa shape index (κ3) is 4.43. The van der Waals surface area contributed by atoms with Crippen molar-refractivity contribution in [1.29, 1.82) is 0 Å². The first-order valence-electron chi connectivity index (χ1n) is 5.77. The molecule has 1 atom stereocenters. The van der Waals surface area contributed by atoms with Crippen LogP contribution in [0.15, 0.2) is 18.3 Å². The van der Waals surface area contributed by atoms with E-state index in [0.29, 0.717) is 0 Å². The fraction of sp³-hybridized carbons (Fsp3) is 0.615. The monoisotopic (exact) mass is 206 g/mol. The van der Waals surface area contributed by atoms with Crippen LogP contribution in [0.5, 0.6) is 0 Å². The SMILES string of the molecule is Cc1ccnc(C(N)CCCC(C)C)c1. The Hall–Kier alpha value is -0.890. The zero-order valence-corrected chi connectivity index (χ0v) is 10.0. The number of aryl methyl sites for hydroxylation is 1. The average molecular weight is 206 g/mol. The molecule has 2 nitrogen and oxygen atoms in total. The van der Waals surface area contributed by atoms with Crippen molar-refractivity contribution in [2.75, 3.05) is 0 Å². The molecule has 0 spiro atoms. The van der Waals surface area contributed by atoms with Crippen molar-refractivity contribution in [3.63, 3.8) is 0 Å². The first-order valence-corrected chi connectivity index (χ1v) is 5.77. The zero-order chi connectivity index (χ0) is 11.3. The van der Waals surface area contributed by atoms with Gasteiger partial charge in [-0.2, -0.15) is 0 Å². The zero-order valence-electron chi connectivity index (χ0n) is 10.0. The highest BCUT2D eigenvalue weighted by Crippen LogP contribution is 2.17. The number of nitrogens with two attached hydrogens (primary N) is 1. The fourth-order valence-electron chi connectivity index (χ4n) is 1.66. The predicted octanol–water partition coefficient (Wildman–Crippen LogP) is 3.22. The molecule has 2 N–H and O–H groups in total. The van der Waals surface area contributed by atoms with Gasteiger partial charge in [0.1, 0.15) is 0 Å². The van der Waals surface area contributed by atoms with Gasteiger partial charge in [-0.25, -0.2) is 0 Å². The molecule has 0 bridgehead atoms. The molecule has 0 aliphatic carbocycles. The van der Waals surface area contributed by atoms with Gasteiger partial charge in [0.2, 0.25) is 0 Å². The van der Waals surface area contributed by atoms with Gasteiger partial charge in [-0.15, -0.1) is 0 Å². The topological polar surface area (TPSA) is 38.9 Å². The average Bonchev–Trinajstić information content (AvgIpc) is 2.17. The first-order chi connectivity index (χ1) is 7.09. The maximum atomic E-state index is 6.09. The quantitative estimate of drug-likeness (QED) is 0.803. The second-order valence-electron chi connectivity index (χ2n) is 4.69. The van der Waals surface area contributed by atoms with Crippen LogP contribution in [0.1, 0.15) is 50.4 Å². The maximum absolute atomic E-state index is 6.09. The Morgan fingerprint density at radius 1 is 1.33 bits per heavy atom. The Bertz CT molecular complexity index is 294. The van der Waals surface area contributed by atoms with E-state index < -0.39 is 0 Å². The molecule has 2 heteroatoms. The lowest BCUT2D eigenvalue weighted by atomic mass is 10.0. The van der Waals surface area contributed by atoms with Crippen molar-refractivity contribution in [1.82, 2.24) is 4.98 Å². The minimum absolute atomic E-state index is 0.101. The summed E-state index contributed by atoms with van der Waals surface area (Å²) >= 11 is 0. The lowest BCUT2D eigenvalue weighted by Crippen LogP contribution is -2.12. The van der Waals surface area contributed by atoms with Crippen molar-refractivity contribution in [2.45, 2.75) is 46.1 Å². The Balaban J connectivity index is 2.43. The second kappa shape index (κ2) is 5.86. The van der Waals surface area contributed by atoms with E-state index in [1.807, 2.05) is 12.3 Å². The van der Waals surface area contributed by atoms with Gasteiger partial charge >= 0.3 is 0 Å². The van der Waals surface area contributed by atoms with Crippen LogP contribution in [0.4, 0.5) is 0 Å². The van der Waals surface area contributed by atoms with E-state index >= 15 is 0 Å². The molecular weight excluding hydrogens is 184 g/mol. The Morgan fingerprint density at radius 2 is 2.07 bits per heavy atom. The largest absolute Gasteiger partial charge is 0.323 e. The van der Waals surface area contributed by atoms with Crippen molar-refractivity contribution < 1.29 is 0 Å². The molecular formula is C13H22N2. The predicted molar refractivity (Wildman–Crippen MR) is 64.6 cm³/mol. The molecule has 1 aromatic heterocycles. The van der Waals surface area contributed by atoms with Gasteiger partial charge in [0.25, 0.3) is 0 Å². The van der Waals surface area contributed by atoms with E-state index in [1.165, 1.54) is 18.4 Å². The van der Waals surface area contributed by atoms with E-state index in [0.717, 1.165) is 18.0 Å². The molecule has 0 saturated heterocycles. The number of hydrogen-bond donors (Lipinski definition) is 1. The highest BCUT2D eigenvalue weighted by molar-refractivity contribution is 5.16. The van der Waals surface area contributed by atoms with E-state index in [1.54, 1.807) is 0 Å². The molecule has 0 fully saturated rings. The number of aromatic nitrogens is 1. The van der Waals surface area contributed by atoms with Crippen LogP contribution in [0.2, 0.25) is 0 Å². The molecule has 0 amide bonds. The molecule has 15 heavy (non-hydrogen) atoms. The van der Waals surface area contributed by atoms with Gasteiger partial charge in [-0.05, 0) is 37.0 Å². The van der Waals surface area contributed by atoms with Gasteiger partial charge < -0.3 is 5.73 Å². The highest BCUT2D eigenvalue weighted by Gasteiger charge is 2.07. The molecule has 0 aliphatic rings. The minimum Gasteiger partial charge on any atom is -0.323 e. The summed E-state index contributed by atoms with van der Waals surface area (Å²) in [7, 11) is 0. The minimum atomic E-state index is 0.101. The van der Waals surface area contributed by atoms with E-state index in [-0.39, 0.29) is 6.04 Å². The standard InChI is InChI=1S/C13H22N2/c1-10(2)5-4-6-12(14)13-9-11(3)7-8-15-13/h7-10,12H,4-6,14H2,1-3H3. The molecule has 0 aliphatic heterocycles. The normalized spacial score (nSPS) is 13.1. The van der Waals surface area contributed by atoms with Crippen LogP contribution >= 0.6 is 0 Å². The summed E-state index contributed by atoms with van der Waals surface area (Å²) in [6.45, 7) is 6.57. The van der Waals surface area contributed by atoms with E-state index in [2.05, 4.69) is 31.8 Å². The highest BCUT2D eigenvalue weighted by atomic mass is 14.8. The van der Waals surface area contributed by atoms with Gasteiger partial charge in [0, 0.05) is 12.2 Å². The summed E-state index contributed by atoms with van der Waals surface area (Å²) in [6, 6.07) is 4.19. The van der Waals surface area contributed by atoms with Gasteiger partial charge in [0.05, 0.1) is 5.69 Å². The van der Waals surface area contributed by atoms with Crippen LogP contribution in [0.3, 0.4) is 0 Å². The summed E-state index contributed by atoms with van der Waals surface area (Å²) in [5.74, 6) is 0.766. The Labute approximate surface area is 92.9 Å². The molecule has 0 saturated carbocycles. The third-order valence-corrected chi connectivity index (χ3v) is 2.61. The number of nitrogens with zero attached hydrogens (tertiary/aromatic N) is 1. The summed E-state index contributed by atoms with van der Waals surface area (Å²) < 4.78 is 0. The molecule has 0 aromatic carbocycles. The van der Waals surface area contributed by atoms with Crippen molar-refractivity contribution >= 4 is 0 Å². The smallest absolute Gasteiger partial charge is 0.0573 e. The Morgan fingerprint density at radius 3 is 2.67 bits per heavy atom. The maximum Gasteiger partial charge on any atom is 0.0573 e. The van der Waals surface area contributed by atoms with Gasteiger partial charge in [-0.1, -0.05) is 26.7 Å². The van der Waals surface area contributed by atoms with Crippen molar-refractivity contribution in [2.24, 2.45) is 11.7 Å². The second-order valence-corrected chi connectivity index (χ2v) is 4.69. The van der Waals surface area contributed by atoms with Gasteiger partial charge in [-0.3, -0.25) is 4.98 Å². The van der Waals surface area contributed by atoms with Crippen molar-refractivity contribution in [3.8, 4) is 0 Å². The van der Waals surface area contributed by atoms with Gasteiger partial charge in [0.15, 0.2) is 0 Å². The Kier molecular flexibility index (Phi) is 4.76. The van der Waals surface area contributed by atoms with Crippen LogP contribution < -0.4 is 5.73 Å². The number of rotatable bonds is 5.